The highest BCUT2D eigenvalue weighted by molar-refractivity contribution is 7.98. The molecule has 0 aliphatic rings. The third-order valence-electron chi connectivity index (χ3n) is 17.0. The van der Waals surface area contributed by atoms with Gasteiger partial charge < -0.3 is 62.1 Å². The van der Waals surface area contributed by atoms with Crippen molar-refractivity contribution < 1.29 is 62.4 Å². The molecule has 12 aromatic carbocycles. The smallest absolute Gasteiger partial charge is 0.335 e. The van der Waals surface area contributed by atoms with Gasteiger partial charge in [0.05, 0.1) is 57.6 Å². The van der Waals surface area contributed by atoms with Gasteiger partial charge in [0.2, 0.25) is 6.08 Å². The van der Waals surface area contributed by atoms with Crippen LogP contribution in [0.4, 0.5) is 56.0 Å². The zero-order chi connectivity index (χ0) is 83.0. The van der Waals surface area contributed by atoms with E-state index >= 15 is 0 Å². The van der Waals surface area contributed by atoms with E-state index in [-0.39, 0.29) is 58.1 Å². The van der Waals surface area contributed by atoms with Crippen molar-refractivity contribution in [2.24, 2.45) is 4.99 Å². The molecule has 0 radical (unpaired) electrons. The molecule has 22 nitrogen and oxygen atoms in total. The topological polar surface area (TPSA) is 322 Å². The molecule has 0 atom stereocenters. The molecular weight excluding hydrogens is 1530 g/mol. The first-order valence-electron chi connectivity index (χ1n) is 35.5. The van der Waals surface area contributed by atoms with Crippen LogP contribution in [-0.4, -0.2) is 94.4 Å². The second kappa shape index (κ2) is 50.8. The molecule has 10 N–H and O–H groups in total. The van der Waals surface area contributed by atoms with E-state index in [9.17, 15) is 38.4 Å². The Balaban J connectivity index is 0.000000323. The van der Waals surface area contributed by atoms with Crippen molar-refractivity contribution in [1.29, 1.82) is 0 Å². The third-order valence-corrected chi connectivity index (χ3v) is 18.4. The third kappa shape index (κ3) is 30.6. The van der Waals surface area contributed by atoms with Gasteiger partial charge in [0.25, 0.3) is 17.7 Å². The molecule has 0 aromatic heterocycles. The second-order valence-corrected chi connectivity index (χ2v) is 26.5. The minimum Gasteiger partial charge on any atom is -0.493 e. The first-order valence-corrected chi connectivity index (χ1v) is 37.9. The number of para-hydroxylation sites is 5. The number of carbonyl (C=O) groups is 7. The fourth-order valence-corrected chi connectivity index (χ4v) is 11.2. The Morgan fingerprint density at radius 2 is 0.822 bits per heavy atom. The maximum atomic E-state index is 13.5. The number of carboxylic acid groups (broad SMARTS) is 1. The monoisotopic (exact) mass is 1630 g/mol. The number of methoxy groups -OCH3 is 4. The number of amides is 5. The number of hydrogen-bond acceptors (Lipinski definition) is 18. The predicted molar refractivity (Wildman–Crippen MR) is 482 cm³/mol. The molecule has 0 aliphatic carbocycles. The SMILES string of the molecule is C.C.C.COc1ccc(N(Cc2ccc(C(=O)Nc3ccccc3N)cc2)C(=O)Nc2ccc(SC)cc2)cc1OC.COc1ccc(NCc2ccc(C(=O)Nc3ccccc3C)cc2)cc1OC.CSc1ccc(N=C=O)cc1.Cc1ccccc1N.Cc1ccccc1NC(=O)c1ccc(C=O)cc1.O=Cc1ccc(C(=O)O)cc1. The van der Waals surface area contributed by atoms with E-state index in [1.165, 1.54) is 30.3 Å². The number of benzene rings is 12. The number of aliphatic imine (C=N–C) groups is 1. The van der Waals surface area contributed by atoms with Crippen LogP contribution < -0.4 is 61.9 Å². The number of rotatable bonds is 23. The van der Waals surface area contributed by atoms with Crippen LogP contribution in [0.3, 0.4) is 0 Å². The van der Waals surface area contributed by atoms with Crippen LogP contribution in [-0.2, 0) is 17.9 Å². The van der Waals surface area contributed by atoms with Crippen LogP contribution in [0.2, 0.25) is 0 Å². The second-order valence-electron chi connectivity index (χ2n) is 24.7. The Kier molecular flexibility index (Phi) is 41.4. The molecule has 5 amide bonds. The van der Waals surface area contributed by atoms with E-state index in [0.717, 1.165) is 66.6 Å². The van der Waals surface area contributed by atoms with Gasteiger partial charge in [0, 0.05) is 90.4 Å². The summed E-state index contributed by atoms with van der Waals surface area (Å²) in [5.74, 6) is 0.876. The van der Waals surface area contributed by atoms with Crippen molar-refractivity contribution in [1.82, 2.24) is 0 Å². The van der Waals surface area contributed by atoms with Crippen LogP contribution in [0.25, 0.3) is 0 Å². The van der Waals surface area contributed by atoms with Crippen LogP contribution in [0.1, 0.15) is 112 Å². The molecule has 0 aliphatic heterocycles. The summed E-state index contributed by atoms with van der Waals surface area (Å²) in [6, 6.07) is 82.8. The summed E-state index contributed by atoms with van der Waals surface area (Å²) in [4.78, 5) is 98.8. The standard InChI is InChI=1S/C30H30N4O4S.C23H24N2O3.C15H13NO2.C8H7NOS.C8H6O3.C7H9N.3CH4/c1-37-27-17-14-23(18-28(27)38-2)34(30(36)32-22-12-15-24(39-3)16-13-22)19-20-8-10-21(11-9-20)29(35)33-26-7-5-4-6-25(26)31;1-16-6-4-5-7-20(16)25-23(26)18-10-8-17(9-11-18)15-24-19-12-13-21(27-2)22(14-19)28-3;1-11-4-2-3-5-14(11)16-15(18)13-8-6-12(10-17)7-9-13;1-11-8-4-2-7(3-5-8)9-6-10;9-5-6-1-3-7(4-2-6)8(10)11;1-6-4-2-3-5-7(6)8;;;/h4-18H,19,31H2,1-3H3,(H,32,36)(H,33,35);4-14,24H,15H2,1-3H3,(H,25,26);2-10H,1H3,(H,16,18);2-5H,1H3;1-5H,(H,10,11);2-5H,8H2,1H3;3*1H4. The van der Waals surface area contributed by atoms with Gasteiger partial charge in [-0.25, -0.2) is 14.4 Å². The quantitative estimate of drug-likeness (QED) is 0.00970. The number of nitrogens with zero attached hydrogens (tertiary/aromatic N) is 2. The zero-order valence-corrected chi connectivity index (χ0v) is 66.5. The van der Waals surface area contributed by atoms with E-state index < -0.39 is 5.97 Å². The summed E-state index contributed by atoms with van der Waals surface area (Å²) in [6.45, 7) is 6.78. The first-order chi connectivity index (χ1) is 55.6. The molecule has 0 spiro atoms. The molecule has 0 saturated carbocycles. The highest BCUT2D eigenvalue weighted by Crippen LogP contribution is 2.34. The van der Waals surface area contributed by atoms with E-state index in [1.54, 1.807) is 148 Å². The normalized spacial score (nSPS) is 9.67. The number of nitrogens with two attached hydrogens (primary N) is 2. The van der Waals surface area contributed by atoms with E-state index in [2.05, 4.69) is 31.6 Å². The van der Waals surface area contributed by atoms with Gasteiger partial charge in [-0.3, -0.25) is 28.9 Å². The number of nitrogens with one attached hydrogen (secondary N) is 5. The Bertz CT molecular complexity index is 5220. The Morgan fingerprint density at radius 1 is 0.432 bits per heavy atom. The van der Waals surface area contributed by atoms with Gasteiger partial charge in [-0.05, 0) is 213 Å². The highest BCUT2D eigenvalue weighted by Gasteiger charge is 2.21. The van der Waals surface area contributed by atoms with Crippen molar-refractivity contribution >= 4 is 123 Å². The van der Waals surface area contributed by atoms with Gasteiger partial charge in [-0.15, -0.1) is 23.5 Å². The number of ether oxygens (including phenoxy) is 4. The molecule has 118 heavy (non-hydrogen) atoms. The lowest BCUT2D eigenvalue weighted by molar-refractivity contribution is 0.0695. The molecule has 0 bridgehead atoms. The van der Waals surface area contributed by atoms with Gasteiger partial charge in [-0.2, -0.15) is 4.99 Å². The number of anilines is 8. The van der Waals surface area contributed by atoms with Crippen molar-refractivity contribution in [2.45, 2.75) is 65.9 Å². The first kappa shape index (κ1) is 96.2. The zero-order valence-electron chi connectivity index (χ0n) is 64.8. The van der Waals surface area contributed by atoms with Crippen LogP contribution in [0.5, 0.6) is 23.0 Å². The fraction of sp³-hybridized carbons (Fsp3) is 0.149. The summed E-state index contributed by atoms with van der Waals surface area (Å²) < 4.78 is 21.4. The molecule has 0 unspecified atom stereocenters. The van der Waals surface area contributed by atoms with Gasteiger partial charge >= 0.3 is 12.0 Å². The van der Waals surface area contributed by atoms with Crippen molar-refractivity contribution in [2.75, 3.05) is 83.9 Å². The number of aromatic carboxylic acids is 1. The molecule has 0 heterocycles. The Labute approximate surface area is 699 Å². The number of aryl methyl sites for hydroxylation is 3. The predicted octanol–water partition coefficient (Wildman–Crippen LogP) is 21.5. The number of carboxylic acids is 1. The van der Waals surface area contributed by atoms with Crippen LogP contribution >= 0.6 is 23.5 Å². The van der Waals surface area contributed by atoms with Gasteiger partial charge in [0.15, 0.2) is 23.0 Å². The molecule has 24 heteroatoms. The summed E-state index contributed by atoms with van der Waals surface area (Å²) in [7, 11) is 6.33. The minimum absolute atomic E-state index is 0. The fourth-order valence-electron chi connectivity index (χ4n) is 10.3. The van der Waals surface area contributed by atoms with Crippen molar-refractivity contribution in [3.8, 4) is 23.0 Å². The summed E-state index contributed by atoms with van der Waals surface area (Å²) in [6.07, 6.45) is 6.91. The number of isocyanates is 1. The number of nitrogen functional groups attached to an aromatic ring is 2. The van der Waals surface area contributed by atoms with E-state index in [4.69, 9.17) is 35.5 Å². The molecular formula is C94H101N9O13S2. The van der Waals surface area contributed by atoms with E-state index in [1.807, 2.05) is 197 Å². The average molecular weight is 1630 g/mol. The largest absolute Gasteiger partial charge is 0.493 e. The highest BCUT2D eigenvalue weighted by atomic mass is 32.2. The molecule has 0 fully saturated rings. The molecule has 612 valence electrons. The van der Waals surface area contributed by atoms with Crippen LogP contribution in [0, 0.1) is 20.8 Å². The average Bonchev–Trinajstić information content (AvgIpc) is 0.815. The minimum atomic E-state index is -0.984. The molecule has 0 saturated heterocycles. The van der Waals surface area contributed by atoms with Crippen LogP contribution in [0.15, 0.2) is 294 Å². The van der Waals surface area contributed by atoms with Crippen molar-refractivity contribution in [3.63, 3.8) is 0 Å². The molecule has 12 aromatic rings. The Hall–Kier alpha value is -14.2. The number of hydrogen-bond donors (Lipinski definition) is 8. The van der Waals surface area contributed by atoms with Gasteiger partial charge in [0.1, 0.15) is 12.6 Å². The number of thioether (sulfide) groups is 2. The lowest BCUT2D eigenvalue weighted by Crippen LogP contribution is -2.34. The van der Waals surface area contributed by atoms with Crippen molar-refractivity contribution in [3.05, 3.63) is 340 Å². The number of carbonyl (C=O) groups excluding carboxylic acids is 7. The van der Waals surface area contributed by atoms with Gasteiger partial charge in [-0.1, -0.05) is 138 Å². The summed E-state index contributed by atoms with van der Waals surface area (Å²) >= 11 is 3.28. The summed E-state index contributed by atoms with van der Waals surface area (Å²) in [5.41, 5.74) is 25.8. The lowest BCUT2D eigenvalue weighted by atomic mass is 10.1. The number of urea groups is 1. The number of aldehydes is 2. The maximum absolute atomic E-state index is 13.5. The maximum Gasteiger partial charge on any atom is 0.335 e. The molecule has 12 rings (SSSR count). The Morgan fingerprint density at radius 3 is 1.24 bits per heavy atom. The lowest BCUT2D eigenvalue weighted by Gasteiger charge is -2.24. The summed E-state index contributed by atoms with van der Waals surface area (Å²) in [5, 5.41) is 23.4. The van der Waals surface area contributed by atoms with E-state index in [0.29, 0.717) is 92.1 Å².